The number of nitrogens with two attached hydrogens (primary N) is 1. The number of rotatable bonds is 49. The molecule has 4 N–H and O–H groups in total. The van der Waals surface area contributed by atoms with Crippen LogP contribution in [0.4, 0.5) is 0 Å². The number of carboxylic acid groups (broad SMARTS) is 1. The Hall–Kier alpha value is -1.14. The van der Waals surface area contributed by atoms with Crippen molar-refractivity contribution < 1.29 is 19.4 Å². The molecule has 0 spiro atoms. The molecule has 0 aliphatic rings. The Bertz CT molecular complexity index is 778. The maximum atomic E-state index is 12.0. The van der Waals surface area contributed by atoms with Gasteiger partial charge in [0.05, 0.1) is 6.61 Å². The van der Waals surface area contributed by atoms with Crippen molar-refractivity contribution in [3.8, 4) is 0 Å². The Morgan fingerprint density at radius 3 is 1.14 bits per heavy atom. The van der Waals surface area contributed by atoms with Crippen LogP contribution in [0, 0.1) is 0 Å². The van der Waals surface area contributed by atoms with Crippen LogP contribution in [0.15, 0.2) is 0 Å². The summed E-state index contributed by atoms with van der Waals surface area (Å²) in [6.07, 6.45) is 54.5. The van der Waals surface area contributed by atoms with Crippen LogP contribution in [0.3, 0.4) is 0 Å². The third-order valence-electron chi connectivity index (χ3n) is 12.0. The summed E-state index contributed by atoms with van der Waals surface area (Å²) in [5.74, 6) is -0.644. The van der Waals surface area contributed by atoms with Gasteiger partial charge >= 0.3 is 11.9 Å². The Labute approximate surface area is 350 Å². The second kappa shape index (κ2) is 48.2. The predicted molar refractivity (Wildman–Crippen MR) is 244 cm³/mol. The number of carbonyl (C=O) groups is 2. The summed E-state index contributed by atoms with van der Waals surface area (Å²) >= 11 is 0. The van der Waals surface area contributed by atoms with Gasteiger partial charge in [0.1, 0.15) is 0 Å². The van der Waals surface area contributed by atoms with Crippen molar-refractivity contribution >= 4 is 11.9 Å². The zero-order valence-electron chi connectivity index (χ0n) is 37.9. The largest absolute Gasteiger partial charge is 0.481 e. The van der Waals surface area contributed by atoms with Gasteiger partial charge in [-0.25, -0.2) is 0 Å². The van der Waals surface area contributed by atoms with Crippen molar-refractivity contribution in [2.75, 3.05) is 19.7 Å². The van der Waals surface area contributed by atoms with Gasteiger partial charge in [-0.2, -0.15) is 0 Å². The highest BCUT2D eigenvalue weighted by Gasteiger charge is 2.06. The first-order valence-electron chi connectivity index (χ1n) is 25.4. The molecule has 0 amide bonds. The number of nitrogens with one attached hydrogen (secondary N) is 1. The molecule has 0 saturated heterocycles. The highest BCUT2D eigenvalue weighted by atomic mass is 16.5. The van der Waals surface area contributed by atoms with E-state index in [-0.39, 0.29) is 5.97 Å². The zero-order valence-corrected chi connectivity index (χ0v) is 37.9. The Morgan fingerprint density at radius 2 is 0.768 bits per heavy atom. The summed E-state index contributed by atoms with van der Waals surface area (Å²) < 4.78 is 5.47. The maximum Gasteiger partial charge on any atom is 0.305 e. The highest BCUT2D eigenvalue weighted by molar-refractivity contribution is 5.69. The molecule has 0 aromatic carbocycles. The summed E-state index contributed by atoms with van der Waals surface area (Å²) in [6.45, 7) is 4.78. The molecular formula is C50H100N2O4. The fourth-order valence-electron chi connectivity index (χ4n) is 8.11. The van der Waals surface area contributed by atoms with Gasteiger partial charge in [0.15, 0.2) is 0 Å². The topological polar surface area (TPSA) is 102 Å². The van der Waals surface area contributed by atoms with E-state index in [9.17, 15) is 9.59 Å². The Kier molecular flexibility index (Phi) is 47.2. The molecule has 0 rings (SSSR count). The molecular weight excluding hydrogens is 693 g/mol. The van der Waals surface area contributed by atoms with Crippen LogP contribution in [-0.4, -0.2) is 42.8 Å². The summed E-state index contributed by atoms with van der Waals surface area (Å²) in [5, 5.41) is 12.4. The van der Waals surface area contributed by atoms with Crippen LogP contribution in [0.2, 0.25) is 0 Å². The first-order valence-corrected chi connectivity index (χ1v) is 25.4. The minimum atomic E-state index is -0.661. The number of ether oxygens (including phenoxy) is 1. The molecule has 0 aliphatic carbocycles. The molecule has 0 saturated carbocycles. The van der Waals surface area contributed by atoms with E-state index < -0.39 is 5.97 Å². The lowest BCUT2D eigenvalue weighted by molar-refractivity contribution is -0.144. The molecule has 0 aliphatic heterocycles. The van der Waals surface area contributed by atoms with Crippen molar-refractivity contribution in [3.05, 3.63) is 0 Å². The van der Waals surface area contributed by atoms with E-state index in [2.05, 4.69) is 12.2 Å². The van der Waals surface area contributed by atoms with Gasteiger partial charge in [-0.05, 0) is 38.6 Å². The Morgan fingerprint density at radius 1 is 0.446 bits per heavy atom. The van der Waals surface area contributed by atoms with Crippen LogP contribution < -0.4 is 11.1 Å². The van der Waals surface area contributed by atoms with Gasteiger partial charge < -0.3 is 20.9 Å². The van der Waals surface area contributed by atoms with E-state index in [1.165, 1.54) is 238 Å². The molecule has 1 atom stereocenters. The molecule has 6 heteroatoms. The first-order chi connectivity index (χ1) is 27.6. The molecule has 0 fully saturated rings. The number of hydrogen-bond donors (Lipinski definition) is 3. The standard InChI is InChI=1S/C50H100N2O4/c1-2-3-4-5-6-7-8-9-16-21-26-31-36-41-46-56-50(55)44-39-34-29-24-19-14-11-15-20-25-30-35-40-45-52-48(47-51)42-37-32-27-22-17-12-10-13-18-23-28-33-38-43-49(53)54/h48,52H,2-47,51H2,1H3,(H,53,54). The maximum absolute atomic E-state index is 12.0. The fraction of sp³-hybridized carbons (Fsp3) is 0.960. The lowest BCUT2D eigenvalue weighted by atomic mass is 10.0. The van der Waals surface area contributed by atoms with Gasteiger partial charge in [-0.3, -0.25) is 9.59 Å². The normalized spacial score (nSPS) is 12.0. The molecule has 1 unspecified atom stereocenters. The van der Waals surface area contributed by atoms with Crippen LogP contribution in [0.25, 0.3) is 0 Å². The fourth-order valence-corrected chi connectivity index (χ4v) is 8.11. The van der Waals surface area contributed by atoms with Crippen LogP contribution in [0.5, 0.6) is 0 Å². The van der Waals surface area contributed by atoms with Crippen molar-refractivity contribution in [2.24, 2.45) is 5.73 Å². The van der Waals surface area contributed by atoms with E-state index in [4.69, 9.17) is 15.6 Å². The van der Waals surface area contributed by atoms with Crippen LogP contribution >= 0.6 is 0 Å². The van der Waals surface area contributed by atoms with E-state index >= 15 is 0 Å². The molecule has 0 aromatic heterocycles. The van der Waals surface area contributed by atoms with E-state index in [1.807, 2.05) is 0 Å². The van der Waals surface area contributed by atoms with Crippen molar-refractivity contribution in [2.45, 2.75) is 289 Å². The van der Waals surface area contributed by atoms with Crippen molar-refractivity contribution in [1.29, 1.82) is 0 Å². The van der Waals surface area contributed by atoms with Crippen LogP contribution in [-0.2, 0) is 14.3 Å². The number of aliphatic carboxylic acids is 1. The van der Waals surface area contributed by atoms with E-state index in [1.54, 1.807) is 0 Å². The number of esters is 1. The third kappa shape index (κ3) is 47.2. The monoisotopic (exact) mass is 793 g/mol. The lowest BCUT2D eigenvalue weighted by Gasteiger charge is -2.16. The number of carbonyl (C=O) groups excluding carboxylic acids is 1. The molecule has 0 aromatic rings. The van der Waals surface area contributed by atoms with E-state index in [0.29, 0.717) is 25.5 Å². The molecule has 334 valence electrons. The lowest BCUT2D eigenvalue weighted by Crippen LogP contribution is -2.36. The second-order valence-corrected chi connectivity index (χ2v) is 17.6. The zero-order chi connectivity index (χ0) is 40.7. The summed E-state index contributed by atoms with van der Waals surface area (Å²) in [5.41, 5.74) is 6.06. The smallest absolute Gasteiger partial charge is 0.305 e. The number of unbranched alkanes of at least 4 members (excludes halogenated alkanes) is 37. The Balaban J connectivity index is 3.28. The van der Waals surface area contributed by atoms with Gasteiger partial charge in [0.2, 0.25) is 0 Å². The summed E-state index contributed by atoms with van der Waals surface area (Å²) in [6, 6.07) is 0.490. The highest BCUT2D eigenvalue weighted by Crippen LogP contribution is 2.16. The minimum absolute atomic E-state index is 0.0166. The third-order valence-corrected chi connectivity index (χ3v) is 12.0. The van der Waals surface area contributed by atoms with Crippen LogP contribution in [0.1, 0.15) is 283 Å². The van der Waals surface area contributed by atoms with Crippen molar-refractivity contribution in [3.63, 3.8) is 0 Å². The summed E-state index contributed by atoms with van der Waals surface area (Å²) in [4.78, 5) is 22.6. The van der Waals surface area contributed by atoms with Gasteiger partial charge in [0, 0.05) is 25.4 Å². The number of carboxylic acids is 1. The van der Waals surface area contributed by atoms with Gasteiger partial charge in [-0.1, -0.05) is 238 Å². The number of hydrogen-bond acceptors (Lipinski definition) is 5. The SMILES string of the molecule is CCCCCCCCCCCCCCCCOC(=O)CCCCCCCCCCCCCCCNC(CN)CCCCCCCCCCCCCCCC(=O)O. The molecule has 6 nitrogen and oxygen atoms in total. The average Bonchev–Trinajstić information content (AvgIpc) is 3.19. The average molecular weight is 793 g/mol. The van der Waals surface area contributed by atoms with Gasteiger partial charge in [0.25, 0.3) is 0 Å². The summed E-state index contributed by atoms with van der Waals surface area (Å²) in [7, 11) is 0. The van der Waals surface area contributed by atoms with Gasteiger partial charge in [-0.15, -0.1) is 0 Å². The predicted octanol–water partition coefficient (Wildman–Crippen LogP) is 15.3. The van der Waals surface area contributed by atoms with Crippen molar-refractivity contribution in [1.82, 2.24) is 5.32 Å². The minimum Gasteiger partial charge on any atom is -0.481 e. The molecule has 56 heavy (non-hydrogen) atoms. The molecule has 0 radical (unpaired) electrons. The molecule has 0 heterocycles. The quantitative estimate of drug-likeness (QED) is 0.0419. The van der Waals surface area contributed by atoms with E-state index in [0.717, 1.165) is 38.8 Å². The second-order valence-electron chi connectivity index (χ2n) is 17.6. The molecule has 0 bridgehead atoms. The first kappa shape index (κ1) is 54.9.